The van der Waals surface area contributed by atoms with Crippen LogP contribution in [0.1, 0.15) is 11.1 Å². The van der Waals surface area contributed by atoms with E-state index in [9.17, 15) is 4.79 Å². The largest absolute Gasteiger partial charge is 0.336 e. The molecular weight excluding hydrogens is 168 g/mol. The van der Waals surface area contributed by atoms with Crippen molar-refractivity contribution in [2.45, 2.75) is 19.4 Å². The van der Waals surface area contributed by atoms with Crippen LogP contribution in [-0.2, 0) is 16.1 Å². The lowest BCUT2D eigenvalue weighted by Crippen LogP contribution is -2.25. The average molecular weight is 178 g/mol. The Morgan fingerprint density at radius 3 is 3.15 bits per heavy atom. The number of hydrogen-bond acceptors (Lipinski definition) is 3. The van der Waals surface area contributed by atoms with E-state index in [1.807, 2.05) is 25.1 Å². The third kappa shape index (κ3) is 1.42. The highest BCUT2D eigenvalue weighted by molar-refractivity contribution is 5.58. The Hall–Kier alpha value is -1.35. The van der Waals surface area contributed by atoms with Crippen LogP contribution in [0.15, 0.2) is 18.2 Å². The zero-order valence-corrected chi connectivity index (χ0v) is 7.32. The average Bonchev–Trinajstić information content (AvgIpc) is 2.18. The molecular formula is C10H10O3. The lowest BCUT2D eigenvalue weighted by atomic mass is 10.0. The van der Waals surface area contributed by atoms with Crippen molar-refractivity contribution in [3.63, 3.8) is 0 Å². The molecule has 1 aliphatic rings. The summed E-state index contributed by atoms with van der Waals surface area (Å²) in [6.45, 7) is 1.95. The van der Waals surface area contributed by atoms with Crippen LogP contribution in [0.3, 0.4) is 0 Å². The van der Waals surface area contributed by atoms with Gasteiger partial charge in [0.25, 0.3) is 0 Å². The standard InChI is InChI=1S/C10H10O3/c1-7-3-2-4-8-5-9(6-11)12-13-10(7)8/h2-4,6,9H,5H2,1H3. The van der Waals surface area contributed by atoms with E-state index in [1.54, 1.807) is 0 Å². The summed E-state index contributed by atoms with van der Waals surface area (Å²) in [6, 6.07) is 5.84. The highest BCUT2D eigenvalue weighted by Crippen LogP contribution is 2.28. The molecule has 68 valence electrons. The molecule has 1 aromatic rings. The Labute approximate surface area is 76.2 Å². The summed E-state index contributed by atoms with van der Waals surface area (Å²) in [6.07, 6.45) is 0.889. The van der Waals surface area contributed by atoms with E-state index < -0.39 is 6.10 Å². The predicted octanol–water partition coefficient (Wildman–Crippen LogP) is 1.43. The number of aryl methyl sites for hydroxylation is 1. The minimum Gasteiger partial charge on any atom is -0.336 e. The molecule has 1 aliphatic heterocycles. The van der Waals surface area contributed by atoms with Gasteiger partial charge in [0.05, 0.1) is 0 Å². The van der Waals surface area contributed by atoms with Crippen molar-refractivity contribution in [2.24, 2.45) is 0 Å². The van der Waals surface area contributed by atoms with Gasteiger partial charge in [0.15, 0.2) is 18.1 Å². The SMILES string of the molecule is Cc1cccc2c1OOC(C=O)C2. The summed E-state index contributed by atoms with van der Waals surface area (Å²) in [4.78, 5) is 20.3. The van der Waals surface area contributed by atoms with Crippen LogP contribution in [0.2, 0.25) is 0 Å². The maximum atomic E-state index is 10.4. The molecule has 3 nitrogen and oxygen atoms in total. The first-order valence-corrected chi connectivity index (χ1v) is 4.18. The molecule has 0 N–H and O–H groups in total. The van der Waals surface area contributed by atoms with Gasteiger partial charge < -0.3 is 9.68 Å². The first kappa shape index (κ1) is 8.26. The molecule has 0 aromatic heterocycles. The van der Waals surface area contributed by atoms with Gasteiger partial charge in [-0.3, -0.25) is 0 Å². The smallest absolute Gasteiger partial charge is 0.171 e. The fourth-order valence-corrected chi connectivity index (χ4v) is 1.42. The van der Waals surface area contributed by atoms with Gasteiger partial charge in [-0.15, -0.1) is 0 Å². The van der Waals surface area contributed by atoms with E-state index in [0.29, 0.717) is 6.42 Å². The summed E-state index contributed by atoms with van der Waals surface area (Å²) < 4.78 is 0. The molecule has 0 fully saturated rings. The molecule has 1 heterocycles. The second-order valence-electron chi connectivity index (χ2n) is 3.12. The fraction of sp³-hybridized carbons (Fsp3) is 0.300. The van der Waals surface area contributed by atoms with E-state index in [0.717, 1.165) is 23.2 Å². The van der Waals surface area contributed by atoms with Crippen molar-refractivity contribution in [1.29, 1.82) is 0 Å². The second kappa shape index (κ2) is 3.18. The summed E-state index contributed by atoms with van der Waals surface area (Å²) >= 11 is 0. The lowest BCUT2D eigenvalue weighted by molar-refractivity contribution is -0.244. The van der Waals surface area contributed by atoms with E-state index in [1.165, 1.54) is 0 Å². The van der Waals surface area contributed by atoms with Crippen LogP contribution in [-0.4, -0.2) is 12.4 Å². The minimum atomic E-state index is -0.464. The van der Waals surface area contributed by atoms with E-state index in [2.05, 4.69) is 0 Å². The number of carbonyl (C=O) groups is 1. The molecule has 0 radical (unpaired) electrons. The van der Waals surface area contributed by atoms with Crippen molar-refractivity contribution >= 4 is 6.29 Å². The molecule has 1 unspecified atom stereocenters. The van der Waals surface area contributed by atoms with E-state index in [-0.39, 0.29) is 0 Å². The normalized spacial score (nSPS) is 20.2. The van der Waals surface area contributed by atoms with Crippen molar-refractivity contribution in [3.05, 3.63) is 29.3 Å². The Kier molecular flexibility index (Phi) is 2.02. The van der Waals surface area contributed by atoms with Crippen LogP contribution < -0.4 is 4.89 Å². The maximum absolute atomic E-state index is 10.4. The molecule has 0 saturated heterocycles. The number of benzene rings is 1. The van der Waals surface area contributed by atoms with Gasteiger partial charge in [-0.2, -0.15) is 4.89 Å². The number of carbonyl (C=O) groups excluding carboxylic acids is 1. The van der Waals surface area contributed by atoms with Crippen molar-refractivity contribution in [3.8, 4) is 5.75 Å². The van der Waals surface area contributed by atoms with Crippen molar-refractivity contribution in [2.75, 3.05) is 0 Å². The molecule has 0 amide bonds. The minimum absolute atomic E-state index is 0.464. The third-order valence-corrected chi connectivity index (χ3v) is 2.12. The first-order chi connectivity index (χ1) is 6.31. The molecule has 0 bridgehead atoms. The summed E-state index contributed by atoms with van der Waals surface area (Å²) in [5, 5.41) is 0. The number of aldehydes is 1. The Bertz CT molecular complexity index is 333. The van der Waals surface area contributed by atoms with E-state index in [4.69, 9.17) is 9.78 Å². The third-order valence-electron chi connectivity index (χ3n) is 2.12. The van der Waals surface area contributed by atoms with Gasteiger partial charge in [-0.1, -0.05) is 18.2 Å². The van der Waals surface area contributed by atoms with E-state index >= 15 is 0 Å². The quantitative estimate of drug-likeness (QED) is 0.482. The Morgan fingerprint density at radius 2 is 2.38 bits per heavy atom. The highest BCUT2D eigenvalue weighted by atomic mass is 17.2. The topological polar surface area (TPSA) is 35.5 Å². The second-order valence-corrected chi connectivity index (χ2v) is 3.12. The Balaban J connectivity index is 2.36. The number of rotatable bonds is 1. The molecule has 1 aromatic carbocycles. The molecule has 3 heteroatoms. The summed E-state index contributed by atoms with van der Waals surface area (Å²) in [5.74, 6) is 0.751. The molecule has 1 atom stereocenters. The van der Waals surface area contributed by atoms with Crippen LogP contribution in [0.5, 0.6) is 5.75 Å². The number of para-hydroxylation sites is 1. The Morgan fingerprint density at radius 1 is 1.54 bits per heavy atom. The van der Waals surface area contributed by atoms with Gasteiger partial charge in [0, 0.05) is 12.0 Å². The van der Waals surface area contributed by atoms with Crippen LogP contribution >= 0.6 is 0 Å². The molecule has 0 spiro atoms. The maximum Gasteiger partial charge on any atom is 0.171 e. The fourth-order valence-electron chi connectivity index (χ4n) is 1.42. The van der Waals surface area contributed by atoms with Gasteiger partial charge in [-0.05, 0) is 12.5 Å². The van der Waals surface area contributed by atoms with Gasteiger partial charge in [-0.25, -0.2) is 0 Å². The molecule has 13 heavy (non-hydrogen) atoms. The molecule has 0 aliphatic carbocycles. The van der Waals surface area contributed by atoms with Gasteiger partial charge in [0.2, 0.25) is 0 Å². The lowest BCUT2D eigenvalue weighted by Gasteiger charge is -2.21. The molecule has 2 rings (SSSR count). The van der Waals surface area contributed by atoms with Gasteiger partial charge in [0.1, 0.15) is 0 Å². The number of hydrogen-bond donors (Lipinski definition) is 0. The molecule has 0 saturated carbocycles. The first-order valence-electron chi connectivity index (χ1n) is 4.18. The predicted molar refractivity (Wildman–Crippen MR) is 46.4 cm³/mol. The van der Waals surface area contributed by atoms with Crippen LogP contribution in [0, 0.1) is 6.92 Å². The van der Waals surface area contributed by atoms with Crippen molar-refractivity contribution in [1.82, 2.24) is 0 Å². The highest BCUT2D eigenvalue weighted by Gasteiger charge is 2.21. The van der Waals surface area contributed by atoms with Crippen LogP contribution in [0.25, 0.3) is 0 Å². The zero-order valence-electron chi connectivity index (χ0n) is 7.32. The van der Waals surface area contributed by atoms with Crippen molar-refractivity contribution < 1.29 is 14.6 Å². The zero-order chi connectivity index (χ0) is 9.26. The summed E-state index contributed by atoms with van der Waals surface area (Å²) in [5.41, 5.74) is 2.06. The summed E-state index contributed by atoms with van der Waals surface area (Å²) in [7, 11) is 0. The number of fused-ring (bicyclic) bond motifs is 1. The van der Waals surface area contributed by atoms with Crippen LogP contribution in [0.4, 0.5) is 0 Å². The monoisotopic (exact) mass is 178 g/mol. The van der Waals surface area contributed by atoms with Gasteiger partial charge >= 0.3 is 0 Å².